The first-order valence-electron chi connectivity index (χ1n) is 8.27. The Morgan fingerprint density at radius 2 is 2.04 bits per heavy atom. The normalized spacial score (nSPS) is 15.5. The molecule has 0 bridgehead atoms. The third kappa shape index (κ3) is 2.75. The van der Waals surface area contributed by atoms with E-state index in [-0.39, 0.29) is 21.9 Å². The number of methoxy groups -OCH3 is 1. The average molecular weight is 373 g/mol. The quantitative estimate of drug-likeness (QED) is 0.724. The van der Waals surface area contributed by atoms with Crippen molar-refractivity contribution in [1.82, 2.24) is 15.3 Å². The summed E-state index contributed by atoms with van der Waals surface area (Å²) in [5.74, 6) is 0.243. The topological polar surface area (TPSA) is 59.1 Å². The molecule has 0 atom stereocenters. The lowest BCUT2D eigenvalue weighted by molar-refractivity contribution is 0.306. The van der Waals surface area contributed by atoms with E-state index in [4.69, 9.17) is 16.3 Å². The standard InChI is InChI=1S/C19H18ClFN4O/c1-19(8-22-9-19)11-3-4-13-12(7-11)18(24-10-23-13)25-14-5-6-15(26-2)16(20)17(14)21/h3-7,10,22H,8-9H2,1-2H3,(H,23,24,25). The zero-order valence-corrected chi connectivity index (χ0v) is 15.2. The van der Waals surface area contributed by atoms with Crippen molar-refractivity contribution < 1.29 is 9.13 Å². The molecule has 0 saturated carbocycles. The van der Waals surface area contributed by atoms with Gasteiger partial charge in [0.2, 0.25) is 0 Å². The van der Waals surface area contributed by atoms with Gasteiger partial charge in [-0.25, -0.2) is 14.4 Å². The molecule has 3 aromatic rings. The van der Waals surface area contributed by atoms with Gasteiger partial charge in [0.15, 0.2) is 5.82 Å². The highest BCUT2D eigenvalue weighted by atomic mass is 35.5. The zero-order valence-electron chi connectivity index (χ0n) is 14.4. The van der Waals surface area contributed by atoms with Crippen molar-refractivity contribution >= 4 is 34.0 Å². The van der Waals surface area contributed by atoms with Gasteiger partial charge in [0.05, 0.1) is 18.3 Å². The molecule has 26 heavy (non-hydrogen) atoms. The van der Waals surface area contributed by atoms with Crippen LogP contribution in [0, 0.1) is 5.82 Å². The van der Waals surface area contributed by atoms with E-state index in [9.17, 15) is 4.39 Å². The second-order valence-corrected chi connectivity index (χ2v) is 7.06. The third-order valence-electron chi connectivity index (χ3n) is 4.88. The van der Waals surface area contributed by atoms with E-state index in [0.29, 0.717) is 5.82 Å². The first-order chi connectivity index (χ1) is 12.5. The van der Waals surface area contributed by atoms with Gasteiger partial charge in [-0.05, 0) is 29.8 Å². The van der Waals surface area contributed by atoms with Crippen LogP contribution in [0.4, 0.5) is 15.9 Å². The Balaban J connectivity index is 1.77. The van der Waals surface area contributed by atoms with Crippen LogP contribution in [0.5, 0.6) is 5.75 Å². The Labute approximate surface area is 155 Å². The Hall–Kier alpha value is -2.44. The van der Waals surface area contributed by atoms with E-state index < -0.39 is 5.82 Å². The van der Waals surface area contributed by atoms with Gasteiger partial charge in [-0.15, -0.1) is 0 Å². The van der Waals surface area contributed by atoms with Crippen LogP contribution in [-0.4, -0.2) is 30.2 Å². The predicted octanol–water partition coefficient (Wildman–Crippen LogP) is 4.04. The van der Waals surface area contributed by atoms with Crippen LogP contribution in [0.1, 0.15) is 12.5 Å². The number of hydrogen-bond donors (Lipinski definition) is 2. The van der Waals surface area contributed by atoms with Gasteiger partial charge in [0.1, 0.15) is 22.9 Å². The van der Waals surface area contributed by atoms with Gasteiger partial charge >= 0.3 is 0 Å². The van der Waals surface area contributed by atoms with E-state index >= 15 is 0 Å². The summed E-state index contributed by atoms with van der Waals surface area (Å²) in [6.45, 7) is 4.07. The lowest BCUT2D eigenvalue weighted by Gasteiger charge is -2.40. The highest BCUT2D eigenvalue weighted by Gasteiger charge is 2.33. The number of benzene rings is 2. The fraction of sp³-hybridized carbons (Fsp3) is 0.263. The molecule has 2 aromatic carbocycles. The highest BCUT2D eigenvalue weighted by Crippen LogP contribution is 2.35. The lowest BCUT2D eigenvalue weighted by atomic mass is 9.77. The Morgan fingerprint density at radius 1 is 1.23 bits per heavy atom. The van der Waals surface area contributed by atoms with Crippen LogP contribution in [0.25, 0.3) is 10.9 Å². The number of hydrogen-bond acceptors (Lipinski definition) is 5. The minimum Gasteiger partial charge on any atom is -0.495 e. The second-order valence-electron chi connectivity index (χ2n) is 6.69. The van der Waals surface area contributed by atoms with Crippen LogP contribution in [0.3, 0.4) is 0 Å². The molecule has 0 aliphatic carbocycles. The van der Waals surface area contributed by atoms with Crippen molar-refractivity contribution in [3.63, 3.8) is 0 Å². The van der Waals surface area contributed by atoms with Crippen LogP contribution in [0.15, 0.2) is 36.7 Å². The fourth-order valence-electron chi connectivity index (χ4n) is 3.15. The average Bonchev–Trinajstić information content (AvgIpc) is 2.63. The number of rotatable bonds is 4. The van der Waals surface area contributed by atoms with Crippen molar-refractivity contribution in [1.29, 1.82) is 0 Å². The summed E-state index contributed by atoms with van der Waals surface area (Å²) in [5, 5.41) is 7.12. The maximum absolute atomic E-state index is 14.5. The van der Waals surface area contributed by atoms with Gasteiger partial charge < -0.3 is 15.4 Å². The Morgan fingerprint density at radius 3 is 2.73 bits per heavy atom. The van der Waals surface area contributed by atoms with Crippen LogP contribution < -0.4 is 15.4 Å². The summed E-state index contributed by atoms with van der Waals surface area (Å²) < 4.78 is 19.6. The Kier molecular flexibility index (Phi) is 4.17. The molecule has 1 saturated heterocycles. The summed E-state index contributed by atoms with van der Waals surface area (Å²) >= 11 is 6.01. The molecule has 2 heterocycles. The molecule has 1 aliphatic heterocycles. The van der Waals surface area contributed by atoms with Gasteiger partial charge in [-0.3, -0.25) is 0 Å². The predicted molar refractivity (Wildman–Crippen MR) is 101 cm³/mol. The summed E-state index contributed by atoms with van der Waals surface area (Å²) in [6.07, 6.45) is 1.46. The maximum atomic E-state index is 14.5. The molecule has 0 spiro atoms. The fourth-order valence-corrected chi connectivity index (χ4v) is 3.39. The third-order valence-corrected chi connectivity index (χ3v) is 5.23. The maximum Gasteiger partial charge on any atom is 0.169 e. The van der Waals surface area contributed by atoms with E-state index in [1.165, 1.54) is 19.0 Å². The van der Waals surface area contributed by atoms with Crippen molar-refractivity contribution in [2.75, 3.05) is 25.5 Å². The first-order valence-corrected chi connectivity index (χ1v) is 8.64. The number of nitrogens with zero attached hydrogens (tertiary/aromatic N) is 2. The molecule has 0 radical (unpaired) electrons. The van der Waals surface area contributed by atoms with Gasteiger partial charge in [-0.1, -0.05) is 24.6 Å². The molecular weight excluding hydrogens is 355 g/mol. The number of fused-ring (bicyclic) bond motifs is 1. The molecule has 1 aliphatic rings. The summed E-state index contributed by atoms with van der Waals surface area (Å²) in [6, 6.07) is 9.32. The van der Waals surface area contributed by atoms with Gasteiger partial charge in [-0.2, -0.15) is 0 Å². The van der Waals surface area contributed by atoms with Crippen molar-refractivity contribution in [3.05, 3.63) is 53.1 Å². The Bertz CT molecular complexity index is 991. The highest BCUT2D eigenvalue weighted by molar-refractivity contribution is 6.32. The van der Waals surface area contributed by atoms with Gasteiger partial charge in [0, 0.05) is 23.9 Å². The summed E-state index contributed by atoms with van der Waals surface area (Å²) in [7, 11) is 1.45. The molecule has 1 fully saturated rings. The minimum atomic E-state index is -0.580. The smallest absolute Gasteiger partial charge is 0.169 e. The molecule has 4 rings (SSSR count). The molecule has 0 unspecified atom stereocenters. The number of halogens is 2. The SMILES string of the molecule is COc1ccc(Nc2ncnc3ccc(C4(C)CNC4)cc23)c(F)c1Cl. The molecular formula is C19H18ClFN4O. The number of aromatic nitrogens is 2. The molecule has 1 aromatic heterocycles. The van der Waals surface area contributed by atoms with Gasteiger partial charge in [0.25, 0.3) is 0 Å². The molecule has 0 amide bonds. The summed E-state index contributed by atoms with van der Waals surface area (Å²) in [5.41, 5.74) is 2.32. The molecule has 2 N–H and O–H groups in total. The number of ether oxygens (including phenoxy) is 1. The van der Waals surface area contributed by atoms with Crippen LogP contribution in [-0.2, 0) is 5.41 Å². The van der Waals surface area contributed by atoms with Crippen LogP contribution >= 0.6 is 11.6 Å². The lowest BCUT2D eigenvalue weighted by Crippen LogP contribution is -2.54. The molecule has 134 valence electrons. The van der Waals surface area contributed by atoms with Crippen molar-refractivity contribution in [3.8, 4) is 5.75 Å². The van der Waals surface area contributed by atoms with E-state index in [2.05, 4.69) is 39.7 Å². The van der Waals surface area contributed by atoms with E-state index in [1.54, 1.807) is 12.1 Å². The minimum absolute atomic E-state index is 0.0652. The van der Waals surface area contributed by atoms with E-state index in [1.807, 2.05) is 6.07 Å². The van der Waals surface area contributed by atoms with E-state index in [0.717, 1.165) is 24.0 Å². The zero-order chi connectivity index (χ0) is 18.3. The van der Waals surface area contributed by atoms with Crippen molar-refractivity contribution in [2.45, 2.75) is 12.3 Å². The second kappa shape index (κ2) is 6.37. The molecule has 5 nitrogen and oxygen atoms in total. The monoisotopic (exact) mass is 372 g/mol. The van der Waals surface area contributed by atoms with Crippen LogP contribution in [0.2, 0.25) is 5.02 Å². The number of nitrogens with one attached hydrogen (secondary N) is 2. The largest absolute Gasteiger partial charge is 0.495 e. The number of anilines is 2. The van der Waals surface area contributed by atoms with Crippen molar-refractivity contribution in [2.24, 2.45) is 0 Å². The first kappa shape index (κ1) is 17.0. The summed E-state index contributed by atoms with van der Waals surface area (Å²) in [4.78, 5) is 8.62. The molecule has 7 heteroatoms.